The molecule has 9 bridgehead atoms. The zero-order valence-electron chi connectivity index (χ0n) is 40.4. The van der Waals surface area contributed by atoms with E-state index in [1.54, 1.807) is 0 Å². The standard InChI is InChI=1S/C63H30O12.CHCl3/c1-7-19-37-31(13-1)25-43-55-49(37)50-38-20-8-2-14-32(38)26-44-56(50)71-62(66-44)67-46-28-34-16-5-11-23-41(34)53(58(46)73-62)54-42-24-12-6-18-36(42)30-48-60(54)75-63(69-48)68-47-29-35-17-4-10-22-40(35)52(59(47)74-63)51-39-21-9-3-15-33(39)27-45-57(51)72-61(64-43,65-45)70-55;2-1(3)4/h1-30H;1H. The minimum absolute atomic E-state index is 0.356. The Bertz CT molecular complexity index is 4020. The lowest BCUT2D eigenvalue weighted by atomic mass is 9.91. The van der Waals surface area contributed by atoms with Gasteiger partial charge >= 0.3 is 18.5 Å². The van der Waals surface area contributed by atoms with E-state index in [1.165, 1.54) is 0 Å². The average Bonchev–Trinajstić information content (AvgIpc) is 3.65. The van der Waals surface area contributed by atoms with Crippen LogP contribution in [0.5, 0.6) is 69.0 Å². The van der Waals surface area contributed by atoms with Crippen LogP contribution < -0.4 is 56.8 Å². The molecule has 15 heteroatoms. The highest BCUT2D eigenvalue weighted by molar-refractivity contribution is 6.63. The molecule has 7 aliphatic heterocycles. The van der Waals surface area contributed by atoms with Gasteiger partial charge in [0.2, 0.25) is 0 Å². The van der Waals surface area contributed by atoms with Crippen molar-refractivity contribution in [1.29, 1.82) is 0 Å². The van der Waals surface area contributed by atoms with Gasteiger partial charge in [0.15, 0.2) is 73.3 Å². The van der Waals surface area contributed by atoms with E-state index in [9.17, 15) is 0 Å². The summed E-state index contributed by atoms with van der Waals surface area (Å²) in [5, 5.41) is 10.2. The predicted molar refractivity (Wildman–Crippen MR) is 298 cm³/mol. The summed E-state index contributed by atoms with van der Waals surface area (Å²) in [7, 11) is 0. The normalized spacial score (nSPS) is 20.1. The number of ether oxygens (including phenoxy) is 12. The minimum Gasteiger partial charge on any atom is -0.382 e. The van der Waals surface area contributed by atoms with Crippen LogP contribution in [0.1, 0.15) is 0 Å². The Morgan fingerprint density at radius 3 is 0.544 bits per heavy atom. The molecule has 0 saturated heterocycles. The molecule has 12 aromatic carbocycles. The van der Waals surface area contributed by atoms with Gasteiger partial charge in [0.25, 0.3) is 0 Å². The second-order valence-electron chi connectivity index (χ2n) is 19.8. The quantitative estimate of drug-likeness (QED) is 0.135. The van der Waals surface area contributed by atoms with Gasteiger partial charge in [-0.15, -0.1) is 0 Å². The largest absolute Gasteiger partial charge is 0.611 e. The smallest absolute Gasteiger partial charge is 0.382 e. The Hall–Kier alpha value is -9.33. The molecule has 0 aromatic heterocycles. The predicted octanol–water partition coefficient (Wildman–Crippen LogP) is 16.5. The van der Waals surface area contributed by atoms with E-state index >= 15 is 0 Å². The van der Waals surface area contributed by atoms with E-state index in [0.29, 0.717) is 102 Å². The van der Waals surface area contributed by atoms with Gasteiger partial charge in [-0.25, -0.2) is 0 Å². The van der Waals surface area contributed by atoms with Crippen molar-refractivity contribution < 1.29 is 56.8 Å². The first kappa shape index (κ1) is 43.7. The van der Waals surface area contributed by atoms with E-state index in [1.807, 2.05) is 182 Å². The monoisotopic (exact) mass is 1100 g/mol. The molecule has 0 unspecified atom stereocenters. The van der Waals surface area contributed by atoms with E-state index in [4.69, 9.17) is 91.6 Å². The molecule has 12 aromatic rings. The van der Waals surface area contributed by atoms with Gasteiger partial charge in [0.05, 0.1) is 0 Å². The minimum atomic E-state index is -2.13. The van der Waals surface area contributed by atoms with Crippen LogP contribution >= 0.6 is 34.8 Å². The van der Waals surface area contributed by atoms with Crippen molar-refractivity contribution in [1.82, 2.24) is 0 Å². The molecule has 3 spiro atoms. The highest BCUT2D eigenvalue weighted by atomic mass is 35.6. The topological polar surface area (TPSA) is 111 Å². The fraction of sp³-hybridized carbons (Fsp3) is 0.0625. The molecule has 0 fully saturated rings. The van der Waals surface area contributed by atoms with Gasteiger partial charge in [-0.05, 0) is 101 Å². The van der Waals surface area contributed by atoms with Crippen LogP contribution in [0.4, 0.5) is 0 Å². The molecule has 380 valence electrons. The van der Waals surface area contributed by atoms with Crippen molar-refractivity contribution in [3.05, 3.63) is 182 Å². The van der Waals surface area contributed by atoms with Crippen molar-refractivity contribution in [2.24, 2.45) is 0 Å². The summed E-state index contributed by atoms with van der Waals surface area (Å²) >= 11 is 14.4. The Morgan fingerprint density at radius 1 is 0.228 bits per heavy atom. The lowest BCUT2D eigenvalue weighted by Crippen LogP contribution is -2.47. The second kappa shape index (κ2) is 15.2. The lowest BCUT2D eigenvalue weighted by Gasteiger charge is -2.20. The zero-order valence-corrected chi connectivity index (χ0v) is 42.7. The number of alkyl halides is 3. The molecular formula is C64H31Cl3O12. The number of hydrogen-bond donors (Lipinski definition) is 0. The average molecular weight is 1100 g/mol. The zero-order chi connectivity index (χ0) is 52.1. The molecular weight excluding hydrogens is 1070 g/mol. The number of fused-ring (bicyclic) bond motifs is 15. The third-order valence-corrected chi connectivity index (χ3v) is 15.3. The SMILES string of the molecule is ClC(Cl)Cl.c1ccc2c3c4c(cc2c1)OC1(Oc2cc5ccccc5c(c2O1)-c1c2c(cc5ccccc15)OC1(Oc5cc6ccccc6c(c5O1)-c1c5c(cc6ccccc16)OC1(Oc6cc7ccccc7c-3c6O1)O5)O2)O4. The van der Waals surface area contributed by atoms with Crippen LogP contribution in [0.15, 0.2) is 182 Å². The van der Waals surface area contributed by atoms with Crippen LogP contribution in [0.3, 0.4) is 0 Å². The van der Waals surface area contributed by atoms with Crippen molar-refractivity contribution in [2.75, 3.05) is 0 Å². The first-order valence-corrected chi connectivity index (χ1v) is 26.5. The van der Waals surface area contributed by atoms with Crippen LogP contribution in [0.2, 0.25) is 0 Å². The van der Waals surface area contributed by atoms with Crippen LogP contribution in [0, 0.1) is 0 Å². The third kappa shape index (κ3) is 6.05. The first-order valence-electron chi connectivity index (χ1n) is 25.2. The fourth-order valence-electron chi connectivity index (χ4n) is 12.3. The summed E-state index contributed by atoms with van der Waals surface area (Å²) in [4.78, 5) is 0. The Morgan fingerprint density at radius 2 is 0.380 bits per heavy atom. The van der Waals surface area contributed by atoms with Gasteiger partial charge in [0, 0.05) is 33.4 Å². The number of rotatable bonds is 0. The third-order valence-electron chi connectivity index (χ3n) is 15.3. The maximum atomic E-state index is 7.08. The molecule has 7 aliphatic rings. The van der Waals surface area contributed by atoms with Crippen molar-refractivity contribution in [2.45, 2.75) is 22.8 Å². The van der Waals surface area contributed by atoms with Crippen molar-refractivity contribution >= 4 is 99.4 Å². The molecule has 0 saturated carbocycles. The maximum Gasteiger partial charge on any atom is 0.611 e. The fourth-order valence-corrected chi connectivity index (χ4v) is 12.3. The summed E-state index contributed by atoms with van der Waals surface area (Å²) in [6.45, 7) is 0. The highest BCUT2D eigenvalue weighted by Gasteiger charge is 2.61. The van der Waals surface area contributed by atoms with Crippen LogP contribution in [-0.4, -0.2) is 22.8 Å². The van der Waals surface area contributed by atoms with Gasteiger partial charge in [-0.1, -0.05) is 180 Å². The van der Waals surface area contributed by atoms with Gasteiger partial charge in [-0.2, -0.15) is 0 Å². The molecule has 7 heterocycles. The van der Waals surface area contributed by atoms with E-state index in [2.05, 4.69) is 0 Å². The van der Waals surface area contributed by atoms with E-state index in [-0.39, 0.29) is 0 Å². The van der Waals surface area contributed by atoms with Gasteiger partial charge in [0.1, 0.15) is 0 Å². The van der Waals surface area contributed by atoms with E-state index < -0.39 is 22.8 Å². The maximum absolute atomic E-state index is 7.08. The molecule has 0 N–H and O–H groups in total. The number of halogens is 3. The molecule has 0 amide bonds. The Balaban J connectivity index is 0.00000118. The highest BCUT2D eigenvalue weighted by Crippen LogP contribution is 2.65. The van der Waals surface area contributed by atoms with Gasteiger partial charge < -0.3 is 56.8 Å². The van der Waals surface area contributed by atoms with Crippen molar-refractivity contribution in [3.63, 3.8) is 0 Å². The summed E-state index contributed by atoms with van der Waals surface area (Å²) in [5.74, 6) is 4.40. The summed E-state index contributed by atoms with van der Waals surface area (Å²) in [6.07, 6.45) is -6.39. The Labute approximate surface area is 461 Å². The number of benzene rings is 12. The summed E-state index contributed by atoms with van der Waals surface area (Å²) < 4.78 is 83.0. The molecule has 0 atom stereocenters. The number of hydrogen-bond acceptors (Lipinski definition) is 12. The van der Waals surface area contributed by atoms with Crippen molar-refractivity contribution in [3.8, 4) is 102 Å². The summed E-state index contributed by atoms with van der Waals surface area (Å²) in [6, 6.07) is 59.8. The van der Waals surface area contributed by atoms with Gasteiger partial charge in [-0.3, -0.25) is 0 Å². The second-order valence-corrected chi connectivity index (χ2v) is 21.8. The van der Waals surface area contributed by atoms with Crippen LogP contribution in [0.25, 0.3) is 98.0 Å². The van der Waals surface area contributed by atoms with E-state index in [0.717, 1.165) is 64.6 Å². The van der Waals surface area contributed by atoms with Crippen LogP contribution in [-0.2, 0) is 0 Å². The molecule has 0 radical (unpaired) electrons. The Kier molecular flexibility index (Phi) is 8.43. The molecule has 79 heavy (non-hydrogen) atoms. The lowest BCUT2D eigenvalue weighted by molar-refractivity contribution is -0.331. The summed E-state index contributed by atoms with van der Waals surface area (Å²) in [5.41, 5.74) is 3.89. The molecule has 12 nitrogen and oxygen atoms in total. The molecule has 0 aliphatic carbocycles. The molecule has 19 rings (SSSR count). The first-order chi connectivity index (χ1) is 38.7.